The van der Waals surface area contributed by atoms with Crippen LogP contribution in [0.3, 0.4) is 0 Å². The zero-order chi connectivity index (χ0) is 15.2. The van der Waals surface area contributed by atoms with Gasteiger partial charge in [-0.25, -0.2) is 5.06 Å². The summed E-state index contributed by atoms with van der Waals surface area (Å²) in [6.45, 7) is 2.98. The van der Waals surface area contributed by atoms with Crippen molar-refractivity contribution in [2.24, 2.45) is 0 Å². The molecule has 6 nitrogen and oxygen atoms in total. The average molecular weight is 291 g/mol. The largest absolute Gasteiger partial charge is 0.336 e. The first kappa shape index (κ1) is 15.5. The van der Waals surface area contributed by atoms with E-state index in [1.807, 2.05) is 40.1 Å². The minimum absolute atomic E-state index is 0.0515. The Balaban J connectivity index is 1.83. The Hall–Kier alpha value is -1.92. The Kier molecular flexibility index (Phi) is 5.30. The number of amides is 2. The molecule has 1 fully saturated rings. The first-order chi connectivity index (χ1) is 10.1. The summed E-state index contributed by atoms with van der Waals surface area (Å²) < 4.78 is 0. The second kappa shape index (κ2) is 7.19. The minimum Gasteiger partial charge on any atom is -0.336 e. The van der Waals surface area contributed by atoms with Crippen molar-refractivity contribution in [1.82, 2.24) is 14.9 Å². The summed E-state index contributed by atoms with van der Waals surface area (Å²) in [6.07, 6.45) is 0. The van der Waals surface area contributed by atoms with Crippen LogP contribution in [-0.2, 0) is 9.63 Å². The van der Waals surface area contributed by atoms with E-state index in [1.54, 1.807) is 7.05 Å². The molecule has 1 saturated heterocycles. The number of piperazine rings is 1. The Bertz CT molecular complexity index is 484. The third-order valence-corrected chi connectivity index (χ3v) is 3.66. The molecule has 0 radical (unpaired) electrons. The predicted molar refractivity (Wildman–Crippen MR) is 78.6 cm³/mol. The molecule has 0 atom stereocenters. The highest BCUT2D eigenvalue weighted by atomic mass is 16.7. The van der Waals surface area contributed by atoms with E-state index < -0.39 is 0 Å². The predicted octanol–water partition coefficient (Wildman–Crippen LogP) is 0.464. The molecule has 0 saturated carbocycles. The van der Waals surface area contributed by atoms with Crippen molar-refractivity contribution in [1.29, 1.82) is 0 Å². The molecule has 0 spiro atoms. The Labute approximate surface area is 124 Å². The van der Waals surface area contributed by atoms with Crippen LogP contribution in [0.1, 0.15) is 10.4 Å². The number of hydrogen-bond donors (Lipinski definition) is 0. The van der Waals surface area contributed by atoms with E-state index in [4.69, 9.17) is 4.84 Å². The van der Waals surface area contributed by atoms with E-state index in [-0.39, 0.29) is 11.8 Å². The van der Waals surface area contributed by atoms with E-state index >= 15 is 0 Å². The monoisotopic (exact) mass is 291 g/mol. The number of likely N-dealkylation sites (N-methyl/N-ethyl adjacent to an activating group) is 1. The standard InChI is InChI=1S/C15H21N3O3/c1-16(21-2)14(19)12-17-8-10-18(11-9-17)15(20)13-6-4-3-5-7-13/h3-7H,8-12H2,1-2H3. The molecule has 1 aromatic rings. The number of nitrogens with zero attached hydrogens (tertiary/aromatic N) is 3. The number of hydrogen-bond acceptors (Lipinski definition) is 4. The van der Waals surface area contributed by atoms with Crippen molar-refractivity contribution < 1.29 is 14.4 Å². The average Bonchev–Trinajstić information content (AvgIpc) is 2.55. The third-order valence-electron chi connectivity index (χ3n) is 3.66. The van der Waals surface area contributed by atoms with Crippen molar-refractivity contribution in [3.05, 3.63) is 35.9 Å². The molecule has 21 heavy (non-hydrogen) atoms. The fourth-order valence-corrected chi connectivity index (χ4v) is 2.27. The fraction of sp³-hybridized carbons (Fsp3) is 0.467. The Morgan fingerprint density at radius 1 is 1.14 bits per heavy atom. The molecular formula is C15H21N3O3. The van der Waals surface area contributed by atoms with E-state index in [9.17, 15) is 9.59 Å². The van der Waals surface area contributed by atoms with Crippen LogP contribution >= 0.6 is 0 Å². The molecule has 0 bridgehead atoms. The highest BCUT2D eigenvalue weighted by Crippen LogP contribution is 2.08. The molecule has 1 heterocycles. The van der Waals surface area contributed by atoms with Gasteiger partial charge in [-0.1, -0.05) is 18.2 Å². The van der Waals surface area contributed by atoms with Crippen LogP contribution in [0, 0.1) is 0 Å². The van der Waals surface area contributed by atoms with Gasteiger partial charge in [0.15, 0.2) is 0 Å². The zero-order valence-corrected chi connectivity index (χ0v) is 12.5. The molecular weight excluding hydrogens is 270 g/mol. The van der Waals surface area contributed by atoms with E-state index in [0.717, 1.165) is 0 Å². The molecule has 0 aliphatic carbocycles. The SMILES string of the molecule is CON(C)C(=O)CN1CCN(C(=O)c2ccccc2)CC1. The highest BCUT2D eigenvalue weighted by Gasteiger charge is 2.23. The van der Waals surface area contributed by atoms with Gasteiger partial charge in [0.1, 0.15) is 0 Å². The van der Waals surface area contributed by atoms with E-state index in [1.165, 1.54) is 12.2 Å². The first-order valence-electron chi connectivity index (χ1n) is 6.99. The van der Waals surface area contributed by atoms with Gasteiger partial charge in [-0.05, 0) is 12.1 Å². The molecule has 114 valence electrons. The Morgan fingerprint density at radius 2 is 1.76 bits per heavy atom. The maximum Gasteiger partial charge on any atom is 0.259 e. The third kappa shape index (κ3) is 4.03. The van der Waals surface area contributed by atoms with Crippen molar-refractivity contribution in [2.45, 2.75) is 0 Å². The molecule has 1 aliphatic heterocycles. The Morgan fingerprint density at radius 3 is 2.33 bits per heavy atom. The second-order valence-corrected chi connectivity index (χ2v) is 5.01. The van der Waals surface area contributed by atoms with E-state index in [0.29, 0.717) is 38.3 Å². The van der Waals surface area contributed by atoms with Crippen LogP contribution in [0.4, 0.5) is 0 Å². The van der Waals surface area contributed by atoms with Crippen LogP contribution in [0.25, 0.3) is 0 Å². The fourth-order valence-electron chi connectivity index (χ4n) is 2.27. The van der Waals surface area contributed by atoms with E-state index in [2.05, 4.69) is 0 Å². The van der Waals surface area contributed by atoms with Crippen molar-refractivity contribution in [2.75, 3.05) is 46.9 Å². The minimum atomic E-state index is -0.0830. The molecule has 0 aromatic heterocycles. The topological polar surface area (TPSA) is 53.1 Å². The van der Waals surface area contributed by atoms with Gasteiger partial charge in [0.05, 0.1) is 13.7 Å². The van der Waals surface area contributed by atoms with Crippen LogP contribution in [-0.4, -0.2) is 73.6 Å². The molecule has 2 rings (SSSR count). The summed E-state index contributed by atoms with van der Waals surface area (Å²) in [6, 6.07) is 9.27. The molecule has 0 unspecified atom stereocenters. The summed E-state index contributed by atoms with van der Waals surface area (Å²) in [5.74, 6) is -0.0316. The lowest BCUT2D eigenvalue weighted by Crippen LogP contribution is -2.51. The quantitative estimate of drug-likeness (QED) is 0.757. The summed E-state index contributed by atoms with van der Waals surface area (Å²) in [7, 11) is 3.06. The van der Waals surface area contributed by atoms with Crippen LogP contribution in [0.15, 0.2) is 30.3 Å². The van der Waals surface area contributed by atoms with Gasteiger partial charge in [0.25, 0.3) is 11.8 Å². The smallest absolute Gasteiger partial charge is 0.259 e. The van der Waals surface area contributed by atoms with Crippen molar-refractivity contribution in [3.8, 4) is 0 Å². The zero-order valence-electron chi connectivity index (χ0n) is 12.5. The number of hydroxylamine groups is 2. The van der Waals surface area contributed by atoms with Gasteiger partial charge in [-0.2, -0.15) is 0 Å². The molecule has 1 aliphatic rings. The molecule has 6 heteroatoms. The van der Waals surface area contributed by atoms with Gasteiger partial charge in [0, 0.05) is 38.8 Å². The summed E-state index contributed by atoms with van der Waals surface area (Å²) in [4.78, 5) is 32.8. The van der Waals surface area contributed by atoms with Gasteiger partial charge in [-0.3, -0.25) is 19.3 Å². The van der Waals surface area contributed by atoms with Gasteiger partial charge in [-0.15, -0.1) is 0 Å². The lowest BCUT2D eigenvalue weighted by atomic mass is 10.2. The molecule has 0 N–H and O–H groups in total. The molecule has 1 aromatic carbocycles. The number of benzene rings is 1. The summed E-state index contributed by atoms with van der Waals surface area (Å²) in [5.41, 5.74) is 0.709. The van der Waals surface area contributed by atoms with Crippen LogP contribution in [0.2, 0.25) is 0 Å². The number of carbonyl (C=O) groups is 2. The van der Waals surface area contributed by atoms with Gasteiger partial charge >= 0.3 is 0 Å². The van der Waals surface area contributed by atoms with Crippen LogP contribution < -0.4 is 0 Å². The first-order valence-corrected chi connectivity index (χ1v) is 6.99. The maximum absolute atomic E-state index is 12.3. The normalized spacial score (nSPS) is 15.8. The summed E-state index contributed by atoms with van der Waals surface area (Å²) in [5, 5.41) is 1.22. The van der Waals surface area contributed by atoms with Gasteiger partial charge < -0.3 is 4.90 Å². The molecule has 2 amide bonds. The lowest BCUT2D eigenvalue weighted by Gasteiger charge is -2.34. The lowest BCUT2D eigenvalue weighted by molar-refractivity contribution is -0.170. The van der Waals surface area contributed by atoms with Crippen LogP contribution in [0.5, 0.6) is 0 Å². The maximum atomic E-state index is 12.3. The summed E-state index contributed by atoms with van der Waals surface area (Å²) >= 11 is 0. The van der Waals surface area contributed by atoms with Crippen molar-refractivity contribution >= 4 is 11.8 Å². The second-order valence-electron chi connectivity index (χ2n) is 5.01. The number of carbonyl (C=O) groups excluding carboxylic acids is 2. The number of rotatable bonds is 4. The highest BCUT2D eigenvalue weighted by molar-refractivity contribution is 5.94. The van der Waals surface area contributed by atoms with Gasteiger partial charge in [0.2, 0.25) is 0 Å². The van der Waals surface area contributed by atoms with Crippen molar-refractivity contribution in [3.63, 3.8) is 0 Å².